The summed E-state index contributed by atoms with van der Waals surface area (Å²) in [5.74, 6) is -0.626. The van der Waals surface area contributed by atoms with Crippen molar-refractivity contribution in [1.29, 1.82) is 0 Å². The molecule has 3 heterocycles. The van der Waals surface area contributed by atoms with Crippen molar-refractivity contribution in [2.45, 2.75) is 6.04 Å². The molecule has 1 unspecified atom stereocenters. The van der Waals surface area contributed by atoms with Gasteiger partial charge in [0, 0.05) is 42.0 Å². The first-order valence-electron chi connectivity index (χ1n) is 14.1. The third-order valence-corrected chi connectivity index (χ3v) is 9.13. The number of methoxy groups -OCH3 is 2. The van der Waals surface area contributed by atoms with Crippen LogP contribution in [0.3, 0.4) is 0 Å². The number of rotatable bonds is 9. The summed E-state index contributed by atoms with van der Waals surface area (Å²) in [5.41, 5.74) is 2.29. The van der Waals surface area contributed by atoms with E-state index in [1.807, 2.05) is 6.07 Å². The van der Waals surface area contributed by atoms with E-state index in [1.54, 1.807) is 42.5 Å². The van der Waals surface area contributed by atoms with Crippen LogP contribution in [0.5, 0.6) is 5.75 Å². The minimum absolute atomic E-state index is 0.0704. The number of benzene rings is 3. The van der Waals surface area contributed by atoms with Crippen LogP contribution < -0.4 is 19.3 Å². The van der Waals surface area contributed by atoms with Crippen LogP contribution in [-0.2, 0) is 20.7 Å². The van der Waals surface area contributed by atoms with Gasteiger partial charge in [0.15, 0.2) is 0 Å². The number of ether oxygens (including phenoxy) is 3. The second kappa shape index (κ2) is 13.3. The van der Waals surface area contributed by atoms with E-state index in [4.69, 9.17) is 14.2 Å². The molecular formula is C31H30BrFN5O6S-. The number of hydrogen-bond donors (Lipinski definition) is 1. The summed E-state index contributed by atoms with van der Waals surface area (Å²) in [6.07, 6.45) is 1.37. The average molecular weight is 700 g/mol. The van der Waals surface area contributed by atoms with Gasteiger partial charge in [-0.2, -0.15) is 0 Å². The fraction of sp³-hybridized carbons (Fsp3) is 0.290. The zero-order valence-electron chi connectivity index (χ0n) is 24.5. The first-order chi connectivity index (χ1) is 21.7. The molecule has 1 atom stereocenters. The van der Waals surface area contributed by atoms with Crippen LogP contribution in [0.25, 0.3) is 10.9 Å². The Bertz CT molecular complexity index is 1750. The molecule has 0 spiro atoms. The fourth-order valence-corrected chi connectivity index (χ4v) is 6.57. The summed E-state index contributed by atoms with van der Waals surface area (Å²) in [5, 5.41) is 3.32. The van der Waals surface area contributed by atoms with E-state index in [-0.39, 0.29) is 28.0 Å². The summed E-state index contributed by atoms with van der Waals surface area (Å²) in [6, 6.07) is 15.0. The lowest BCUT2D eigenvalue weighted by atomic mass is 10.1. The average Bonchev–Trinajstić information content (AvgIpc) is 3.01. The number of carbonyl (C=O) groups excluding carboxylic acids is 1. The zero-order valence-corrected chi connectivity index (χ0v) is 26.9. The number of aromatic nitrogens is 1. The van der Waals surface area contributed by atoms with E-state index < -0.39 is 23.1 Å². The van der Waals surface area contributed by atoms with Gasteiger partial charge in [-0.25, -0.2) is 9.18 Å². The summed E-state index contributed by atoms with van der Waals surface area (Å²) < 4.78 is 58.3. The van der Waals surface area contributed by atoms with Gasteiger partial charge in [-0.1, -0.05) is 15.9 Å². The van der Waals surface area contributed by atoms with Gasteiger partial charge in [0.25, 0.3) is 0 Å². The third-order valence-electron chi connectivity index (χ3n) is 7.97. The number of halogens is 2. The number of anilines is 5. The molecule has 4 aromatic rings. The van der Waals surface area contributed by atoms with E-state index in [9.17, 15) is 13.6 Å². The predicted octanol–water partition coefficient (Wildman–Crippen LogP) is 5.13. The maximum absolute atomic E-state index is 15.7. The molecule has 236 valence electrons. The topological polar surface area (TPSA) is 120 Å². The molecule has 0 bridgehead atoms. The monoisotopic (exact) mass is 698 g/mol. The number of nitrogens with one attached hydrogen (secondary N) is 1. The van der Waals surface area contributed by atoms with Crippen LogP contribution in [0.15, 0.2) is 65.3 Å². The first-order valence-corrected chi connectivity index (χ1v) is 16.0. The first kappa shape index (κ1) is 31.2. The molecule has 2 aliphatic rings. The highest BCUT2D eigenvalue weighted by Crippen LogP contribution is 2.42. The molecule has 45 heavy (non-hydrogen) atoms. The highest BCUT2D eigenvalue weighted by Gasteiger charge is 2.29. The smallest absolute Gasteiger partial charge is 0.337 e. The number of esters is 1. The van der Waals surface area contributed by atoms with Gasteiger partial charge in [-0.05, 0) is 54.6 Å². The van der Waals surface area contributed by atoms with Crippen molar-refractivity contribution in [3.63, 3.8) is 0 Å². The Hall–Kier alpha value is -3.82. The molecule has 0 radical (unpaired) electrons. The lowest BCUT2D eigenvalue weighted by Crippen LogP contribution is -2.56. The summed E-state index contributed by atoms with van der Waals surface area (Å²) in [7, 11) is 2.81. The normalized spacial score (nSPS) is 16.2. The summed E-state index contributed by atoms with van der Waals surface area (Å²) in [4.78, 5) is 21.8. The number of hydrogen-bond acceptors (Lipinski definition) is 10. The predicted molar refractivity (Wildman–Crippen MR) is 173 cm³/mol. The van der Waals surface area contributed by atoms with Gasteiger partial charge in [0.2, 0.25) is 0 Å². The summed E-state index contributed by atoms with van der Waals surface area (Å²) >= 11 is 0.489. The van der Waals surface area contributed by atoms with Crippen LogP contribution in [0.2, 0.25) is 0 Å². The second-order valence-corrected chi connectivity index (χ2v) is 12.3. The van der Waals surface area contributed by atoms with E-state index in [1.165, 1.54) is 26.5 Å². The molecule has 3 aromatic carbocycles. The van der Waals surface area contributed by atoms with Gasteiger partial charge in [0.1, 0.15) is 11.6 Å². The van der Waals surface area contributed by atoms with E-state index in [0.717, 1.165) is 49.4 Å². The molecular weight excluding hydrogens is 669 g/mol. The van der Waals surface area contributed by atoms with Crippen LogP contribution >= 0.6 is 15.9 Å². The number of carbonyl (C=O) groups is 1. The van der Waals surface area contributed by atoms with Gasteiger partial charge in [-0.15, -0.1) is 0 Å². The van der Waals surface area contributed by atoms with Crippen molar-refractivity contribution >= 4 is 72.5 Å². The lowest BCUT2D eigenvalue weighted by Gasteiger charge is -2.43. The lowest BCUT2D eigenvalue weighted by molar-refractivity contribution is -0.0660. The van der Waals surface area contributed by atoms with Gasteiger partial charge < -0.3 is 29.0 Å². The number of piperazine rings is 1. The van der Waals surface area contributed by atoms with E-state index >= 15 is 4.39 Å². The van der Waals surface area contributed by atoms with Crippen molar-refractivity contribution in [3.05, 3.63) is 76.6 Å². The second-order valence-electron chi connectivity index (χ2n) is 10.6. The maximum atomic E-state index is 15.7. The van der Waals surface area contributed by atoms with Crippen molar-refractivity contribution in [1.82, 2.24) is 9.88 Å². The molecule has 14 heteroatoms. The van der Waals surface area contributed by atoms with Gasteiger partial charge in [-0.3, -0.25) is 18.4 Å². The Morgan fingerprint density at radius 1 is 1.11 bits per heavy atom. The zero-order chi connectivity index (χ0) is 31.7. The standard InChI is InChI=1S/C31H31BrFN5O6S/c1-42-25-5-3-22(4-6-25)38(45(40)41)28-16-34-27-14-20(32)13-26(33)29(27)30(28)35-21-11-19(31(39)43-2)12-23(15-21)36-7-9-37(10-8-36)24-17-44-18-24/h3-6,11-16,24H,7-10,17-18H2,1-2H3,(H,34,35)(H,40,41)/p-1. The Morgan fingerprint density at radius 2 is 1.84 bits per heavy atom. The molecule has 0 saturated carbocycles. The Balaban J connectivity index is 1.45. The number of fused-ring (bicyclic) bond motifs is 1. The van der Waals surface area contributed by atoms with Crippen LogP contribution in [0.4, 0.5) is 32.8 Å². The van der Waals surface area contributed by atoms with Crippen molar-refractivity contribution in [2.75, 3.05) is 68.1 Å². The Labute approximate surface area is 270 Å². The van der Waals surface area contributed by atoms with E-state index in [0.29, 0.717) is 27.5 Å². The number of nitrogens with zero attached hydrogens (tertiary/aromatic N) is 4. The Morgan fingerprint density at radius 3 is 2.47 bits per heavy atom. The molecule has 1 N–H and O–H groups in total. The van der Waals surface area contributed by atoms with Gasteiger partial charge in [0.05, 0.1) is 84.5 Å². The number of pyridine rings is 1. The largest absolute Gasteiger partial charge is 0.755 e. The molecule has 6 rings (SSSR count). The molecule has 2 fully saturated rings. The molecule has 11 nitrogen and oxygen atoms in total. The highest BCUT2D eigenvalue weighted by atomic mass is 79.9. The molecule has 2 saturated heterocycles. The molecule has 0 aliphatic carbocycles. The molecule has 1 aromatic heterocycles. The molecule has 2 aliphatic heterocycles. The van der Waals surface area contributed by atoms with Gasteiger partial charge >= 0.3 is 5.97 Å². The Kier molecular flexibility index (Phi) is 9.19. The van der Waals surface area contributed by atoms with Crippen LogP contribution in [-0.4, -0.2) is 84.3 Å². The SMILES string of the molecule is COC(=O)c1cc(Nc2c(N(c3ccc(OC)cc3)S(=O)[O-])cnc3cc(Br)cc(F)c23)cc(N2CCN(C3COC3)CC2)c1. The maximum Gasteiger partial charge on any atom is 0.337 e. The fourth-order valence-electron chi connectivity index (χ4n) is 5.56. The van der Waals surface area contributed by atoms with Crippen molar-refractivity contribution in [3.8, 4) is 5.75 Å². The summed E-state index contributed by atoms with van der Waals surface area (Å²) in [6.45, 7) is 4.61. The van der Waals surface area contributed by atoms with Crippen LogP contribution in [0.1, 0.15) is 10.4 Å². The van der Waals surface area contributed by atoms with Crippen LogP contribution in [0, 0.1) is 5.82 Å². The van der Waals surface area contributed by atoms with Crippen molar-refractivity contribution < 1.29 is 32.2 Å². The third kappa shape index (κ3) is 6.47. The van der Waals surface area contributed by atoms with Crippen molar-refractivity contribution in [2.24, 2.45) is 0 Å². The minimum atomic E-state index is -2.83. The van der Waals surface area contributed by atoms with E-state index in [2.05, 4.69) is 36.0 Å². The highest BCUT2D eigenvalue weighted by molar-refractivity contribution is 9.10. The quantitative estimate of drug-likeness (QED) is 0.186. The minimum Gasteiger partial charge on any atom is -0.755 e. The molecule has 0 amide bonds.